The smallest absolute Gasteiger partial charge is 0.321 e. The van der Waals surface area contributed by atoms with Crippen LogP contribution in [0.15, 0.2) is 29.2 Å². The fraction of sp³-hybridized carbons (Fsp3) is 0.417. The Bertz CT molecular complexity index is 358. The lowest BCUT2D eigenvalue weighted by atomic mass is 10.3. The van der Waals surface area contributed by atoms with Crippen LogP contribution in [-0.2, 0) is 0 Å². The number of rotatable bonds is 2. The molecule has 86 valence electrons. The predicted molar refractivity (Wildman–Crippen MR) is 68.0 cm³/mol. The molecule has 0 saturated carbocycles. The van der Waals surface area contributed by atoms with E-state index in [1.54, 1.807) is 11.8 Å². The van der Waals surface area contributed by atoms with Crippen LogP contribution in [0.2, 0.25) is 0 Å². The zero-order valence-electron chi connectivity index (χ0n) is 9.40. The van der Waals surface area contributed by atoms with Crippen molar-refractivity contribution in [2.45, 2.75) is 17.7 Å². The van der Waals surface area contributed by atoms with E-state index in [0.717, 1.165) is 31.6 Å². The third-order valence-electron chi connectivity index (χ3n) is 2.73. The molecule has 2 rings (SSSR count). The Hall–Kier alpha value is -1.16. The highest BCUT2D eigenvalue weighted by Gasteiger charge is 2.17. The number of hydrogen-bond acceptors (Lipinski definition) is 2. The predicted octanol–water partition coefficient (Wildman–Crippen LogP) is 3.04. The summed E-state index contributed by atoms with van der Waals surface area (Å²) in [6.45, 7) is 1.77. The Labute approximate surface area is 100 Å². The first-order valence-corrected chi connectivity index (χ1v) is 6.72. The summed E-state index contributed by atoms with van der Waals surface area (Å²) in [7, 11) is 0. The Kier molecular flexibility index (Phi) is 3.72. The van der Waals surface area contributed by atoms with E-state index in [1.807, 2.05) is 35.4 Å². The van der Waals surface area contributed by atoms with Gasteiger partial charge in [0.2, 0.25) is 0 Å². The van der Waals surface area contributed by atoms with Gasteiger partial charge >= 0.3 is 6.03 Å². The number of nitrogens with zero attached hydrogens (tertiary/aromatic N) is 1. The number of carbonyl (C=O) groups is 1. The molecule has 2 amide bonds. The summed E-state index contributed by atoms with van der Waals surface area (Å²) in [5, 5.41) is 2.91. The molecule has 1 aromatic rings. The lowest BCUT2D eigenvalue weighted by Gasteiger charge is -2.16. The van der Waals surface area contributed by atoms with Crippen molar-refractivity contribution in [3.63, 3.8) is 0 Å². The molecule has 0 atom stereocenters. The summed E-state index contributed by atoms with van der Waals surface area (Å²) < 4.78 is 0. The molecule has 0 spiro atoms. The molecule has 1 heterocycles. The highest BCUT2D eigenvalue weighted by Crippen LogP contribution is 2.18. The summed E-state index contributed by atoms with van der Waals surface area (Å²) in [5.74, 6) is 0. The molecule has 1 aromatic carbocycles. The van der Waals surface area contributed by atoms with E-state index in [2.05, 4.69) is 5.32 Å². The standard InChI is InChI=1S/C12H16N2OS/c1-16-11-6-4-10(5-7-11)13-12(15)14-8-2-3-9-14/h4-7H,2-3,8-9H2,1H3,(H,13,15). The molecule has 0 bridgehead atoms. The van der Waals surface area contributed by atoms with Gasteiger partial charge in [-0.05, 0) is 43.4 Å². The average molecular weight is 236 g/mol. The minimum absolute atomic E-state index is 0.0226. The van der Waals surface area contributed by atoms with Gasteiger partial charge in [0.1, 0.15) is 0 Å². The van der Waals surface area contributed by atoms with Gasteiger partial charge in [0.15, 0.2) is 0 Å². The SMILES string of the molecule is CSc1ccc(NC(=O)N2CCCC2)cc1. The van der Waals surface area contributed by atoms with Crippen molar-refractivity contribution in [2.24, 2.45) is 0 Å². The van der Waals surface area contributed by atoms with Gasteiger partial charge in [-0.1, -0.05) is 0 Å². The number of benzene rings is 1. The molecule has 4 heteroatoms. The van der Waals surface area contributed by atoms with Gasteiger partial charge in [-0.2, -0.15) is 0 Å². The van der Waals surface area contributed by atoms with E-state index >= 15 is 0 Å². The van der Waals surface area contributed by atoms with Crippen LogP contribution >= 0.6 is 11.8 Å². The summed E-state index contributed by atoms with van der Waals surface area (Å²) in [5.41, 5.74) is 0.870. The molecule has 16 heavy (non-hydrogen) atoms. The molecule has 0 radical (unpaired) electrons. The van der Waals surface area contributed by atoms with Crippen molar-refractivity contribution in [3.8, 4) is 0 Å². The minimum atomic E-state index is 0.0226. The third-order valence-corrected chi connectivity index (χ3v) is 3.48. The van der Waals surface area contributed by atoms with Gasteiger partial charge in [-0.25, -0.2) is 4.79 Å². The molecule has 3 nitrogen and oxygen atoms in total. The summed E-state index contributed by atoms with van der Waals surface area (Å²) in [6, 6.07) is 7.95. The molecular weight excluding hydrogens is 220 g/mol. The fourth-order valence-electron chi connectivity index (χ4n) is 1.80. The highest BCUT2D eigenvalue weighted by molar-refractivity contribution is 7.98. The average Bonchev–Trinajstić information content (AvgIpc) is 2.83. The number of thioether (sulfide) groups is 1. The maximum atomic E-state index is 11.8. The first-order valence-electron chi connectivity index (χ1n) is 5.49. The lowest BCUT2D eigenvalue weighted by Crippen LogP contribution is -2.32. The molecule has 0 unspecified atom stereocenters. The molecular formula is C12H16N2OS. The Morgan fingerprint density at radius 1 is 1.25 bits per heavy atom. The van der Waals surface area contributed by atoms with Crippen molar-refractivity contribution in [3.05, 3.63) is 24.3 Å². The van der Waals surface area contributed by atoms with Gasteiger partial charge in [-0.15, -0.1) is 11.8 Å². The number of urea groups is 1. The van der Waals surface area contributed by atoms with E-state index in [-0.39, 0.29) is 6.03 Å². The maximum Gasteiger partial charge on any atom is 0.321 e. The Morgan fingerprint density at radius 2 is 1.88 bits per heavy atom. The Morgan fingerprint density at radius 3 is 2.44 bits per heavy atom. The highest BCUT2D eigenvalue weighted by atomic mass is 32.2. The molecule has 1 N–H and O–H groups in total. The van der Waals surface area contributed by atoms with Crippen LogP contribution in [0.3, 0.4) is 0 Å². The topological polar surface area (TPSA) is 32.3 Å². The van der Waals surface area contributed by atoms with Crippen LogP contribution in [0.5, 0.6) is 0 Å². The van der Waals surface area contributed by atoms with E-state index in [1.165, 1.54) is 4.90 Å². The monoisotopic (exact) mass is 236 g/mol. The quantitative estimate of drug-likeness (QED) is 0.800. The van der Waals surface area contributed by atoms with Gasteiger partial charge in [-0.3, -0.25) is 0 Å². The molecule has 1 saturated heterocycles. The summed E-state index contributed by atoms with van der Waals surface area (Å²) in [6.07, 6.45) is 4.29. The molecule has 1 aliphatic heterocycles. The number of carbonyl (C=O) groups excluding carboxylic acids is 1. The van der Waals surface area contributed by atoms with Crippen LogP contribution in [-0.4, -0.2) is 30.3 Å². The number of anilines is 1. The largest absolute Gasteiger partial charge is 0.325 e. The fourth-order valence-corrected chi connectivity index (χ4v) is 2.21. The normalized spacial score (nSPS) is 15.2. The zero-order valence-corrected chi connectivity index (χ0v) is 10.2. The van der Waals surface area contributed by atoms with Gasteiger partial charge in [0.25, 0.3) is 0 Å². The van der Waals surface area contributed by atoms with Crippen molar-refractivity contribution in [1.29, 1.82) is 0 Å². The number of hydrogen-bond donors (Lipinski definition) is 1. The van der Waals surface area contributed by atoms with Gasteiger partial charge in [0.05, 0.1) is 0 Å². The van der Waals surface area contributed by atoms with Crippen molar-refractivity contribution < 1.29 is 4.79 Å². The first kappa shape index (κ1) is 11.3. The van der Waals surface area contributed by atoms with Gasteiger partial charge < -0.3 is 10.2 Å². The van der Waals surface area contributed by atoms with Crippen LogP contribution in [0, 0.1) is 0 Å². The first-order chi connectivity index (χ1) is 7.79. The minimum Gasteiger partial charge on any atom is -0.325 e. The van der Waals surface area contributed by atoms with E-state index < -0.39 is 0 Å². The molecule has 1 aliphatic rings. The molecule has 0 aromatic heterocycles. The van der Waals surface area contributed by atoms with Crippen molar-refractivity contribution >= 4 is 23.5 Å². The maximum absolute atomic E-state index is 11.8. The van der Waals surface area contributed by atoms with Crippen LogP contribution in [0.25, 0.3) is 0 Å². The zero-order chi connectivity index (χ0) is 11.4. The summed E-state index contributed by atoms with van der Waals surface area (Å²) >= 11 is 1.70. The van der Waals surface area contributed by atoms with Crippen LogP contribution in [0.1, 0.15) is 12.8 Å². The lowest BCUT2D eigenvalue weighted by molar-refractivity contribution is 0.222. The molecule has 0 aliphatic carbocycles. The second-order valence-corrected chi connectivity index (χ2v) is 4.73. The second kappa shape index (κ2) is 5.25. The Balaban J connectivity index is 1.94. The number of nitrogens with one attached hydrogen (secondary N) is 1. The summed E-state index contributed by atoms with van der Waals surface area (Å²) in [4.78, 5) is 14.8. The van der Waals surface area contributed by atoms with Crippen LogP contribution < -0.4 is 5.32 Å². The second-order valence-electron chi connectivity index (χ2n) is 3.85. The van der Waals surface area contributed by atoms with Crippen molar-refractivity contribution in [2.75, 3.05) is 24.7 Å². The van der Waals surface area contributed by atoms with Crippen molar-refractivity contribution in [1.82, 2.24) is 4.90 Å². The van der Waals surface area contributed by atoms with E-state index in [0.29, 0.717) is 0 Å². The molecule has 1 fully saturated rings. The number of likely N-dealkylation sites (tertiary alicyclic amines) is 1. The third kappa shape index (κ3) is 2.70. The van der Waals surface area contributed by atoms with Crippen LogP contribution in [0.4, 0.5) is 10.5 Å². The number of amides is 2. The van der Waals surface area contributed by atoms with E-state index in [4.69, 9.17) is 0 Å². The van der Waals surface area contributed by atoms with Gasteiger partial charge in [0, 0.05) is 23.7 Å². The van der Waals surface area contributed by atoms with E-state index in [9.17, 15) is 4.79 Å².